The topological polar surface area (TPSA) is 90.2 Å². The summed E-state index contributed by atoms with van der Waals surface area (Å²) in [5, 5.41) is 20.6. The highest BCUT2D eigenvalue weighted by molar-refractivity contribution is 6.05. The van der Waals surface area contributed by atoms with Crippen LogP contribution in [0.25, 0.3) is 0 Å². The Balaban J connectivity index is 2.30. The minimum atomic E-state index is -1.05. The average molecular weight is 280 g/mol. The van der Waals surface area contributed by atoms with Gasteiger partial charge in [0.15, 0.2) is 0 Å². The molecule has 0 aliphatic rings. The second-order valence-corrected chi connectivity index (χ2v) is 4.43. The van der Waals surface area contributed by atoms with E-state index in [0.717, 1.165) is 0 Å². The molecule has 5 heteroatoms. The van der Waals surface area contributed by atoms with Crippen molar-refractivity contribution in [2.24, 2.45) is 0 Å². The van der Waals surface area contributed by atoms with Gasteiger partial charge in [-0.3, -0.25) is 4.79 Å². The first-order valence-corrected chi connectivity index (χ1v) is 6.17. The highest BCUT2D eigenvalue weighted by Gasteiger charge is 2.13. The van der Waals surface area contributed by atoms with Gasteiger partial charge < -0.3 is 10.4 Å². The van der Waals surface area contributed by atoms with Gasteiger partial charge in [-0.1, -0.05) is 12.1 Å². The normalized spacial score (nSPS) is 9.71. The van der Waals surface area contributed by atoms with E-state index in [-0.39, 0.29) is 5.56 Å². The zero-order valence-electron chi connectivity index (χ0n) is 11.3. The molecule has 0 atom stereocenters. The lowest BCUT2D eigenvalue weighted by Crippen LogP contribution is -2.14. The third-order valence-electron chi connectivity index (χ3n) is 3.07. The second-order valence-electron chi connectivity index (χ2n) is 4.43. The Kier molecular flexibility index (Phi) is 4.00. The van der Waals surface area contributed by atoms with E-state index in [2.05, 4.69) is 5.32 Å². The van der Waals surface area contributed by atoms with Crippen molar-refractivity contribution in [3.8, 4) is 6.07 Å². The number of anilines is 1. The van der Waals surface area contributed by atoms with Crippen LogP contribution >= 0.6 is 0 Å². The third-order valence-corrected chi connectivity index (χ3v) is 3.07. The van der Waals surface area contributed by atoms with Gasteiger partial charge in [0.05, 0.1) is 17.2 Å². The van der Waals surface area contributed by atoms with Crippen LogP contribution in [0.3, 0.4) is 0 Å². The summed E-state index contributed by atoms with van der Waals surface area (Å²) in [6, 6.07) is 12.9. The van der Waals surface area contributed by atoms with Crippen LogP contribution in [0, 0.1) is 18.3 Å². The fraction of sp³-hybridized carbons (Fsp3) is 0.0625. The van der Waals surface area contributed by atoms with Gasteiger partial charge in [0, 0.05) is 11.3 Å². The first kappa shape index (κ1) is 14.3. The van der Waals surface area contributed by atoms with Gasteiger partial charge in [-0.05, 0) is 42.8 Å². The van der Waals surface area contributed by atoms with E-state index in [0.29, 0.717) is 22.4 Å². The number of nitrogens with one attached hydrogen (secondary N) is 1. The molecule has 0 saturated heterocycles. The first-order chi connectivity index (χ1) is 10.0. The Hall–Kier alpha value is -3.13. The number of carboxylic acid groups (broad SMARTS) is 1. The van der Waals surface area contributed by atoms with E-state index in [1.54, 1.807) is 37.3 Å². The van der Waals surface area contributed by atoms with Crippen LogP contribution in [0.5, 0.6) is 0 Å². The zero-order valence-corrected chi connectivity index (χ0v) is 11.3. The van der Waals surface area contributed by atoms with Crippen molar-refractivity contribution in [1.82, 2.24) is 0 Å². The van der Waals surface area contributed by atoms with Gasteiger partial charge in [0.2, 0.25) is 0 Å². The number of carbonyl (C=O) groups is 2. The molecule has 2 rings (SSSR count). The maximum atomic E-state index is 12.1. The Morgan fingerprint density at radius 2 is 1.90 bits per heavy atom. The molecule has 0 aliphatic carbocycles. The number of benzene rings is 2. The summed E-state index contributed by atoms with van der Waals surface area (Å²) in [6.45, 7) is 1.63. The van der Waals surface area contributed by atoms with E-state index in [1.165, 1.54) is 12.1 Å². The number of nitriles is 1. The standard InChI is InChI=1S/C16H12N2O3/c1-10-13(16(20)21)6-3-7-14(10)18-15(19)12-5-2-4-11(8-12)9-17/h2-8H,1H3,(H,18,19)(H,20,21). The molecule has 5 nitrogen and oxygen atoms in total. The lowest BCUT2D eigenvalue weighted by molar-refractivity contribution is 0.0695. The number of carbonyl (C=O) groups excluding carboxylic acids is 1. The summed E-state index contributed by atoms with van der Waals surface area (Å²) >= 11 is 0. The van der Waals surface area contributed by atoms with Crippen molar-refractivity contribution >= 4 is 17.6 Å². The van der Waals surface area contributed by atoms with E-state index < -0.39 is 11.9 Å². The summed E-state index contributed by atoms with van der Waals surface area (Å²) in [6.07, 6.45) is 0. The quantitative estimate of drug-likeness (QED) is 0.904. The Labute approximate surface area is 121 Å². The predicted octanol–water partition coefficient (Wildman–Crippen LogP) is 2.82. The Morgan fingerprint density at radius 3 is 2.57 bits per heavy atom. The molecule has 2 N–H and O–H groups in total. The van der Waals surface area contributed by atoms with E-state index in [9.17, 15) is 9.59 Å². The molecule has 0 heterocycles. The molecular weight excluding hydrogens is 268 g/mol. The maximum absolute atomic E-state index is 12.1. The molecule has 0 aliphatic heterocycles. The SMILES string of the molecule is Cc1c(NC(=O)c2cccc(C#N)c2)cccc1C(=O)O. The summed E-state index contributed by atoms with van der Waals surface area (Å²) in [7, 11) is 0. The molecule has 0 aromatic heterocycles. The highest BCUT2D eigenvalue weighted by Crippen LogP contribution is 2.20. The fourth-order valence-corrected chi connectivity index (χ4v) is 1.93. The van der Waals surface area contributed by atoms with Crippen LogP contribution in [0.4, 0.5) is 5.69 Å². The smallest absolute Gasteiger partial charge is 0.336 e. The van der Waals surface area contributed by atoms with Crippen molar-refractivity contribution in [3.05, 3.63) is 64.7 Å². The number of nitrogens with zero attached hydrogens (tertiary/aromatic N) is 1. The van der Waals surface area contributed by atoms with Crippen LogP contribution in [0.1, 0.15) is 31.8 Å². The van der Waals surface area contributed by atoms with Crippen molar-refractivity contribution in [3.63, 3.8) is 0 Å². The lowest BCUT2D eigenvalue weighted by Gasteiger charge is -2.10. The van der Waals surface area contributed by atoms with Gasteiger partial charge in [-0.2, -0.15) is 5.26 Å². The molecule has 1 amide bonds. The molecule has 2 aromatic carbocycles. The number of hydrogen-bond donors (Lipinski definition) is 2. The molecule has 0 unspecified atom stereocenters. The average Bonchev–Trinajstić information content (AvgIpc) is 2.49. The van der Waals surface area contributed by atoms with E-state index in [4.69, 9.17) is 10.4 Å². The Bertz CT molecular complexity index is 760. The molecule has 0 saturated carbocycles. The van der Waals surface area contributed by atoms with Crippen LogP contribution in [0.15, 0.2) is 42.5 Å². The van der Waals surface area contributed by atoms with Crippen LogP contribution in [-0.4, -0.2) is 17.0 Å². The minimum Gasteiger partial charge on any atom is -0.478 e. The van der Waals surface area contributed by atoms with Crippen LogP contribution in [-0.2, 0) is 0 Å². The molecular formula is C16H12N2O3. The first-order valence-electron chi connectivity index (χ1n) is 6.17. The molecule has 0 radical (unpaired) electrons. The number of hydrogen-bond acceptors (Lipinski definition) is 3. The maximum Gasteiger partial charge on any atom is 0.336 e. The molecule has 21 heavy (non-hydrogen) atoms. The predicted molar refractivity (Wildman–Crippen MR) is 77.2 cm³/mol. The highest BCUT2D eigenvalue weighted by atomic mass is 16.4. The summed E-state index contributed by atoms with van der Waals surface area (Å²) in [5.74, 6) is -1.44. The van der Waals surface area contributed by atoms with Crippen molar-refractivity contribution < 1.29 is 14.7 Å². The van der Waals surface area contributed by atoms with Crippen LogP contribution < -0.4 is 5.32 Å². The third kappa shape index (κ3) is 3.07. The summed E-state index contributed by atoms with van der Waals surface area (Å²) < 4.78 is 0. The second kappa shape index (κ2) is 5.88. The van der Waals surface area contributed by atoms with Crippen molar-refractivity contribution in [2.75, 3.05) is 5.32 Å². The van der Waals surface area contributed by atoms with Crippen molar-refractivity contribution in [1.29, 1.82) is 5.26 Å². The number of rotatable bonds is 3. The number of aromatic carboxylic acids is 1. The molecule has 104 valence electrons. The van der Waals surface area contributed by atoms with Gasteiger partial charge in [0.1, 0.15) is 0 Å². The van der Waals surface area contributed by atoms with Crippen LogP contribution in [0.2, 0.25) is 0 Å². The zero-order chi connectivity index (χ0) is 15.4. The van der Waals surface area contributed by atoms with Gasteiger partial charge in [-0.15, -0.1) is 0 Å². The van der Waals surface area contributed by atoms with E-state index in [1.807, 2.05) is 6.07 Å². The fourth-order valence-electron chi connectivity index (χ4n) is 1.93. The summed E-state index contributed by atoms with van der Waals surface area (Å²) in [4.78, 5) is 23.2. The van der Waals surface area contributed by atoms with Gasteiger partial charge in [-0.25, -0.2) is 4.79 Å². The lowest BCUT2D eigenvalue weighted by atomic mass is 10.1. The summed E-state index contributed by atoms with van der Waals surface area (Å²) in [5.41, 5.74) is 1.78. The monoisotopic (exact) mass is 280 g/mol. The minimum absolute atomic E-state index is 0.138. The Morgan fingerprint density at radius 1 is 1.19 bits per heavy atom. The van der Waals surface area contributed by atoms with Crippen molar-refractivity contribution in [2.45, 2.75) is 6.92 Å². The van der Waals surface area contributed by atoms with Gasteiger partial charge >= 0.3 is 5.97 Å². The van der Waals surface area contributed by atoms with E-state index >= 15 is 0 Å². The molecule has 0 bridgehead atoms. The molecule has 0 fully saturated rings. The van der Waals surface area contributed by atoms with Gasteiger partial charge in [0.25, 0.3) is 5.91 Å². The number of amides is 1. The molecule has 2 aromatic rings. The number of carboxylic acids is 1. The molecule has 0 spiro atoms. The largest absolute Gasteiger partial charge is 0.478 e.